The van der Waals surface area contributed by atoms with Gasteiger partial charge in [-0.3, -0.25) is 14.6 Å². The highest BCUT2D eigenvalue weighted by Gasteiger charge is 2.47. The van der Waals surface area contributed by atoms with Gasteiger partial charge in [0.15, 0.2) is 17.3 Å². The van der Waals surface area contributed by atoms with E-state index in [0.717, 1.165) is 11.3 Å². The number of rotatable bonds is 5. The van der Waals surface area contributed by atoms with E-state index >= 15 is 0 Å². The zero-order valence-corrected chi connectivity index (χ0v) is 18.9. The lowest BCUT2D eigenvalue weighted by Crippen LogP contribution is -2.40. The number of methoxy groups -OCH3 is 2. The summed E-state index contributed by atoms with van der Waals surface area (Å²) in [7, 11) is 3.13. The maximum atomic E-state index is 13.3. The van der Waals surface area contributed by atoms with Crippen LogP contribution in [-0.2, 0) is 14.3 Å². The number of nitrogens with zero attached hydrogens (tertiary/aromatic N) is 1. The van der Waals surface area contributed by atoms with Crippen molar-refractivity contribution >= 4 is 17.5 Å². The zero-order valence-electron chi connectivity index (χ0n) is 18.9. The fraction of sp³-hybridized carbons (Fsp3) is 0.542. The van der Waals surface area contributed by atoms with Crippen LogP contribution in [0.2, 0.25) is 0 Å². The normalized spacial score (nSPS) is 23.1. The molecule has 0 saturated carbocycles. The molecule has 0 amide bonds. The second-order valence-corrected chi connectivity index (χ2v) is 9.08. The Labute approximate surface area is 178 Å². The van der Waals surface area contributed by atoms with Crippen molar-refractivity contribution in [1.82, 2.24) is 0 Å². The number of ketones is 1. The number of para-hydroxylation sites is 1. The van der Waals surface area contributed by atoms with Crippen LogP contribution in [0.3, 0.4) is 0 Å². The predicted molar refractivity (Wildman–Crippen MR) is 115 cm³/mol. The van der Waals surface area contributed by atoms with Crippen LogP contribution in [0.5, 0.6) is 11.5 Å². The van der Waals surface area contributed by atoms with E-state index in [1.807, 2.05) is 32.9 Å². The van der Waals surface area contributed by atoms with E-state index in [9.17, 15) is 9.59 Å². The van der Waals surface area contributed by atoms with Crippen LogP contribution < -0.4 is 9.47 Å². The summed E-state index contributed by atoms with van der Waals surface area (Å²) < 4.78 is 16.7. The van der Waals surface area contributed by atoms with Gasteiger partial charge in [-0.15, -0.1) is 0 Å². The van der Waals surface area contributed by atoms with Crippen molar-refractivity contribution in [3.63, 3.8) is 0 Å². The molecule has 1 unspecified atom stereocenters. The Morgan fingerprint density at radius 3 is 2.47 bits per heavy atom. The molecule has 0 N–H and O–H groups in total. The van der Waals surface area contributed by atoms with E-state index in [1.165, 1.54) is 0 Å². The molecule has 6 nitrogen and oxygen atoms in total. The average Bonchev–Trinajstić information content (AvgIpc) is 2.64. The maximum absolute atomic E-state index is 13.3. The first-order valence-electron chi connectivity index (χ1n) is 10.3. The summed E-state index contributed by atoms with van der Waals surface area (Å²) in [5.74, 6) is -0.516. The highest BCUT2D eigenvalue weighted by atomic mass is 16.5. The van der Waals surface area contributed by atoms with Crippen LogP contribution in [-0.4, -0.2) is 37.8 Å². The largest absolute Gasteiger partial charge is 0.493 e. The van der Waals surface area contributed by atoms with Gasteiger partial charge in [-0.2, -0.15) is 0 Å². The van der Waals surface area contributed by atoms with E-state index in [4.69, 9.17) is 19.2 Å². The third kappa shape index (κ3) is 4.00. The molecule has 6 heteroatoms. The molecule has 0 fully saturated rings. The van der Waals surface area contributed by atoms with Gasteiger partial charge in [-0.05, 0) is 38.7 Å². The molecule has 1 heterocycles. The van der Waals surface area contributed by atoms with Crippen molar-refractivity contribution < 1.29 is 23.8 Å². The molecule has 3 rings (SSSR count). The van der Waals surface area contributed by atoms with E-state index in [-0.39, 0.29) is 23.3 Å². The second-order valence-electron chi connectivity index (χ2n) is 9.08. The summed E-state index contributed by atoms with van der Waals surface area (Å²) in [5.41, 5.74) is 2.57. The summed E-state index contributed by atoms with van der Waals surface area (Å²) in [6.07, 6.45) is 0.824. The van der Waals surface area contributed by atoms with Gasteiger partial charge < -0.3 is 14.2 Å². The van der Waals surface area contributed by atoms with Crippen molar-refractivity contribution in [2.75, 3.05) is 14.2 Å². The van der Waals surface area contributed by atoms with Gasteiger partial charge >= 0.3 is 5.97 Å². The number of carbonyl (C=O) groups is 2. The van der Waals surface area contributed by atoms with Gasteiger partial charge in [0.2, 0.25) is 0 Å². The van der Waals surface area contributed by atoms with Crippen LogP contribution >= 0.6 is 0 Å². The molecule has 162 valence electrons. The number of benzene rings is 1. The molecular formula is C24H31NO5. The maximum Gasteiger partial charge on any atom is 0.315 e. The number of aliphatic imine (C=N–C) groups is 1. The predicted octanol–water partition coefficient (Wildman–Crippen LogP) is 4.47. The van der Waals surface area contributed by atoms with Crippen molar-refractivity contribution in [3.05, 3.63) is 35.0 Å². The zero-order chi connectivity index (χ0) is 22.2. The van der Waals surface area contributed by atoms with Gasteiger partial charge in [-0.1, -0.05) is 26.0 Å². The molecule has 0 aromatic heterocycles. The SMILES string of the molecule is COc1cccc([C@H]2C3=C(CC(C)(C)CC3=O)N=C(C)C2C(=O)OC(C)C)c1OC. The molecule has 2 aliphatic rings. The molecule has 2 atom stereocenters. The van der Waals surface area contributed by atoms with Crippen LogP contribution in [0, 0.1) is 11.3 Å². The smallest absolute Gasteiger partial charge is 0.315 e. The van der Waals surface area contributed by atoms with E-state index in [1.54, 1.807) is 20.3 Å². The summed E-state index contributed by atoms with van der Waals surface area (Å²) in [6, 6.07) is 5.53. The Morgan fingerprint density at radius 1 is 1.17 bits per heavy atom. The van der Waals surface area contributed by atoms with Crippen LogP contribution in [0.4, 0.5) is 0 Å². The lowest BCUT2D eigenvalue weighted by molar-refractivity contribution is -0.150. The molecular weight excluding hydrogens is 382 g/mol. The summed E-state index contributed by atoms with van der Waals surface area (Å²) >= 11 is 0. The Balaban J connectivity index is 2.25. The molecule has 0 spiro atoms. The average molecular weight is 414 g/mol. The molecule has 0 saturated heterocycles. The second kappa shape index (κ2) is 8.25. The first kappa shape index (κ1) is 22.1. The Hall–Kier alpha value is -2.63. The van der Waals surface area contributed by atoms with Crippen LogP contribution in [0.1, 0.15) is 58.9 Å². The number of carbonyl (C=O) groups excluding carboxylic acids is 2. The van der Waals surface area contributed by atoms with Crippen molar-refractivity contribution in [3.8, 4) is 11.5 Å². The lowest BCUT2D eigenvalue weighted by Gasteiger charge is -2.39. The minimum Gasteiger partial charge on any atom is -0.493 e. The number of ether oxygens (including phenoxy) is 3. The van der Waals surface area contributed by atoms with Gasteiger partial charge in [0.25, 0.3) is 0 Å². The molecule has 0 radical (unpaired) electrons. The monoisotopic (exact) mass is 413 g/mol. The molecule has 0 bridgehead atoms. The van der Waals surface area contributed by atoms with Crippen LogP contribution in [0.25, 0.3) is 0 Å². The van der Waals surface area contributed by atoms with E-state index in [2.05, 4.69) is 13.8 Å². The Kier molecular flexibility index (Phi) is 6.06. The molecule has 1 aliphatic carbocycles. The van der Waals surface area contributed by atoms with Gasteiger partial charge in [-0.25, -0.2) is 0 Å². The highest BCUT2D eigenvalue weighted by molar-refractivity contribution is 6.09. The fourth-order valence-electron chi connectivity index (χ4n) is 4.55. The van der Waals surface area contributed by atoms with Gasteiger partial charge in [0.05, 0.1) is 20.3 Å². The van der Waals surface area contributed by atoms with E-state index in [0.29, 0.717) is 35.6 Å². The number of hydrogen-bond donors (Lipinski definition) is 0. The molecule has 1 aromatic rings. The van der Waals surface area contributed by atoms with Crippen molar-refractivity contribution in [1.29, 1.82) is 0 Å². The van der Waals surface area contributed by atoms with Crippen molar-refractivity contribution in [2.24, 2.45) is 16.3 Å². The number of allylic oxidation sites excluding steroid dienone is 2. The summed E-state index contributed by atoms with van der Waals surface area (Å²) in [6.45, 7) is 9.60. The van der Waals surface area contributed by atoms with Gasteiger partial charge in [0.1, 0.15) is 5.92 Å². The number of esters is 1. The standard InChI is InChI=1S/C24H31NO5/c1-13(2)30-23(27)19-14(3)25-16-11-24(4,5)12-17(26)21(16)20(19)15-9-8-10-18(28-6)22(15)29-7/h8-10,13,19-20H,11-12H2,1-7H3/t19?,20-/m1/s1. The third-order valence-electron chi connectivity index (χ3n) is 5.68. The first-order chi connectivity index (χ1) is 14.1. The Morgan fingerprint density at radius 2 is 1.87 bits per heavy atom. The number of Topliss-reactive ketones (excluding diaryl/α,β-unsaturated/α-hetero) is 1. The minimum atomic E-state index is -0.697. The van der Waals surface area contributed by atoms with Crippen molar-refractivity contribution in [2.45, 2.75) is 59.5 Å². The molecule has 30 heavy (non-hydrogen) atoms. The fourth-order valence-corrected chi connectivity index (χ4v) is 4.55. The van der Waals surface area contributed by atoms with Crippen LogP contribution in [0.15, 0.2) is 34.5 Å². The number of hydrogen-bond acceptors (Lipinski definition) is 6. The quantitative estimate of drug-likeness (QED) is 0.666. The Bertz CT molecular complexity index is 926. The third-order valence-corrected chi connectivity index (χ3v) is 5.68. The summed E-state index contributed by atoms with van der Waals surface area (Å²) in [4.78, 5) is 31.2. The lowest BCUT2D eigenvalue weighted by atomic mass is 9.66. The topological polar surface area (TPSA) is 74.2 Å². The minimum absolute atomic E-state index is 0.0229. The molecule has 1 aromatic carbocycles. The molecule has 1 aliphatic heterocycles. The highest BCUT2D eigenvalue weighted by Crippen LogP contribution is 2.50. The van der Waals surface area contributed by atoms with E-state index < -0.39 is 11.8 Å². The van der Waals surface area contributed by atoms with Gasteiger partial charge in [0, 0.05) is 34.9 Å². The summed E-state index contributed by atoms with van der Waals surface area (Å²) in [5, 5.41) is 0. The first-order valence-corrected chi connectivity index (χ1v) is 10.3.